The number of anilines is 2. The first-order chi connectivity index (χ1) is 11.1. The molecule has 8 nitrogen and oxygen atoms in total. The first kappa shape index (κ1) is 14.6. The van der Waals surface area contributed by atoms with Crippen molar-refractivity contribution in [1.82, 2.24) is 19.7 Å². The third-order valence-corrected chi connectivity index (χ3v) is 4.59. The zero-order valence-electron chi connectivity index (χ0n) is 13.5. The van der Waals surface area contributed by atoms with Crippen LogP contribution in [0.2, 0.25) is 0 Å². The Morgan fingerprint density at radius 1 is 1.39 bits per heavy atom. The summed E-state index contributed by atoms with van der Waals surface area (Å²) >= 11 is 0. The fraction of sp³-hybridized carbons (Fsp3) is 0.667. The maximum Gasteiger partial charge on any atom is 0.229 e. The molecule has 0 saturated carbocycles. The lowest BCUT2D eigenvalue weighted by Gasteiger charge is -2.47. The van der Waals surface area contributed by atoms with Crippen molar-refractivity contribution in [2.24, 2.45) is 7.05 Å². The lowest BCUT2D eigenvalue weighted by molar-refractivity contribution is -0.160. The van der Waals surface area contributed by atoms with E-state index in [1.807, 2.05) is 7.05 Å². The normalized spacial score (nSPS) is 28.6. The Morgan fingerprint density at radius 2 is 2.26 bits per heavy atom. The van der Waals surface area contributed by atoms with Crippen LogP contribution in [0.1, 0.15) is 19.8 Å². The fourth-order valence-corrected chi connectivity index (χ4v) is 3.59. The fourth-order valence-electron chi connectivity index (χ4n) is 3.59. The van der Waals surface area contributed by atoms with E-state index >= 15 is 0 Å². The van der Waals surface area contributed by atoms with Gasteiger partial charge in [-0.15, -0.1) is 0 Å². The summed E-state index contributed by atoms with van der Waals surface area (Å²) in [6, 6.07) is 0. The number of aromatic nitrogens is 4. The molecular formula is C15H22N6O2. The van der Waals surface area contributed by atoms with Gasteiger partial charge in [-0.2, -0.15) is 15.1 Å². The van der Waals surface area contributed by atoms with Crippen LogP contribution in [-0.4, -0.2) is 57.8 Å². The van der Waals surface area contributed by atoms with Crippen LogP contribution in [0.4, 0.5) is 11.8 Å². The Bertz CT molecular complexity index is 724. The molecule has 2 aliphatic heterocycles. The Balaban J connectivity index is 1.70. The summed E-state index contributed by atoms with van der Waals surface area (Å²) in [6.45, 7) is 4.97. The Labute approximate surface area is 134 Å². The van der Waals surface area contributed by atoms with Gasteiger partial charge in [-0.1, -0.05) is 0 Å². The van der Waals surface area contributed by atoms with E-state index in [9.17, 15) is 0 Å². The Kier molecular flexibility index (Phi) is 3.38. The second-order valence-corrected chi connectivity index (χ2v) is 6.56. The van der Waals surface area contributed by atoms with Crippen molar-refractivity contribution in [3.63, 3.8) is 0 Å². The molecule has 2 aliphatic rings. The lowest BCUT2D eigenvalue weighted by Crippen LogP contribution is -2.59. The number of hydrogen-bond acceptors (Lipinski definition) is 7. The highest BCUT2D eigenvalue weighted by atomic mass is 16.6. The zero-order valence-corrected chi connectivity index (χ0v) is 13.5. The van der Waals surface area contributed by atoms with Gasteiger partial charge in [0, 0.05) is 20.2 Å². The van der Waals surface area contributed by atoms with Gasteiger partial charge in [-0.05, 0) is 19.8 Å². The Morgan fingerprint density at radius 3 is 3.04 bits per heavy atom. The number of nitrogen functional groups attached to an aromatic ring is 1. The van der Waals surface area contributed by atoms with Gasteiger partial charge in [0.15, 0.2) is 5.65 Å². The quantitative estimate of drug-likeness (QED) is 0.828. The highest BCUT2D eigenvalue weighted by molar-refractivity contribution is 5.86. The van der Waals surface area contributed by atoms with Crippen LogP contribution in [0.3, 0.4) is 0 Å². The van der Waals surface area contributed by atoms with Crippen LogP contribution in [-0.2, 0) is 16.5 Å². The number of ether oxygens (including phenoxy) is 2. The summed E-state index contributed by atoms with van der Waals surface area (Å²) < 4.78 is 13.6. The second kappa shape index (κ2) is 5.31. The second-order valence-electron chi connectivity index (χ2n) is 6.56. The molecule has 8 heteroatoms. The van der Waals surface area contributed by atoms with Gasteiger partial charge in [0.25, 0.3) is 0 Å². The smallest absolute Gasteiger partial charge is 0.229 e. The molecule has 0 amide bonds. The minimum absolute atomic E-state index is 0.0949. The summed E-state index contributed by atoms with van der Waals surface area (Å²) in [5.74, 6) is 1.10. The average Bonchev–Trinajstić information content (AvgIpc) is 2.89. The molecule has 0 bridgehead atoms. The molecule has 0 unspecified atom stereocenters. The van der Waals surface area contributed by atoms with Gasteiger partial charge in [-0.25, -0.2) is 0 Å². The van der Waals surface area contributed by atoms with Crippen LogP contribution in [0.25, 0.3) is 11.0 Å². The molecule has 2 fully saturated rings. The molecule has 124 valence electrons. The predicted molar refractivity (Wildman–Crippen MR) is 86.3 cm³/mol. The van der Waals surface area contributed by atoms with Crippen LogP contribution in [0.15, 0.2) is 6.20 Å². The molecule has 4 heterocycles. The number of aryl methyl sites for hydroxylation is 1. The van der Waals surface area contributed by atoms with Crippen molar-refractivity contribution < 1.29 is 9.47 Å². The van der Waals surface area contributed by atoms with E-state index in [2.05, 4.69) is 26.9 Å². The molecule has 1 spiro atoms. The molecular weight excluding hydrogens is 296 g/mol. The summed E-state index contributed by atoms with van der Waals surface area (Å²) in [6.07, 6.45) is 3.81. The minimum atomic E-state index is -0.268. The third-order valence-electron chi connectivity index (χ3n) is 4.59. The van der Waals surface area contributed by atoms with Gasteiger partial charge < -0.3 is 20.1 Å². The largest absolute Gasteiger partial charge is 0.383 e. The molecule has 2 aromatic rings. The topological polar surface area (TPSA) is 91.3 Å². The summed E-state index contributed by atoms with van der Waals surface area (Å²) in [4.78, 5) is 11.3. The van der Waals surface area contributed by atoms with Crippen molar-refractivity contribution in [3.8, 4) is 0 Å². The molecule has 0 radical (unpaired) electrons. The zero-order chi connectivity index (χ0) is 16.0. The van der Waals surface area contributed by atoms with Gasteiger partial charge in [-0.3, -0.25) is 4.68 Å². The summed E-state index contributed by atoms with van der Waals surface area (Å²) in [7, 11) is 1.86. The molecule has 2 N–H and O–H groups in total. The molecule has 23 heavy (non-hydrogen) atoms. The number of hydrogen-bond donors (Lipinski definition) is 1. The number of nitrogens with zero attached hydrogens (tertiary/aromatic N) is 5. The predicted octanol–water partition coefficient (Wildman–Crippen LogP) is 0.720. The lowest BCUT2D eigenvalue weighted by atomic mass is 9.93. The van der Waals surface area contributed by atoms with Crippen molar-refractivity contribution in [2.45, 2.75) is 31.5 Å². The average molecular weight is 318 g/mol. The summed E-state index contributed by atoms with van der Waals surface area (Å²) in [5.41, 5.74) is 6.58. The maximum atomic E-state index is 6.22. The van der Waals surface area contributed by atoms with Crippen LogP contribution >= 0.6 is 0 Å². The third kappa shape index (κ3) is 2.51. The molecule has 2 atom stereocenters. The van der Waals surface area contributed by atoms with Gasteiger partial charge in [0.1, 0.15) is 11.4 Å². The van der Waals surface area contributed by atoms with E-state index in [1.54, 1.807) is 10.9 Å². The highest BCUT2D eigenvalue weighted by Crippen LogP contribution is 2.32. The SMILES string of the molecule is C[C@H]1CN(c2nc(N)c3cnn(C)c3n2)C[C@@]2(CCCOC2)O1. The van der Waals surface area contributed by atoms with Crippen LogP contribution < -0.4 is 10.6 Å². The minimum Gasteiger partial charge on any atom is -0.383 e. The first-order valence-corrected chi connectivity index (χ1v) is 8.02. The van der Waals surface area contributed by atoms with E-state index in [-0.39, 0.29) is 11.7 Å². The van der Waals surface area contributed by atoms with E-state index < -0.39 is 0 Å². The van der Waals surface area contributed by atoms with Crippen molar-refractivity contribution in [3.05, 3.63) is 6.20 Å². The number of morpholine rings is 1. The molecule has 0 aliphatic carbocycles. The standard InChI is InChI=1S/C15H22N6O2/c1-10-7-21(8-15(23-10)4-3-5-22-9-15)14-18-12(16)11-6-17-20(2)13(11)19-14/h6,10H,3-5,7-9H2,1-2H3,(H2,16,18,19)/t10-,15+/m0/s1. The maximum absolute atomic E-state index is 6.22. The van der Waals surface area contributed by atoms with E-state index in [0.717, 1.165) is 43.6 Å². The summed E-state index contributed by atoms with van der Waals surface area (Å²) in [5, 5.41) is 5.00. The first-order valence-electron chi connectivity index (χ1n) is 8.02. The van der Waals surface area contributed by atoms with Gasteiger partial charge in [0.2, 0.25) is 5.95 Å². The van der Waals surface area contributed by atoms with Crippen molar-refractivity contribution in [2.75, 3.05) is 36.9 Å². The van der Waals surface area contributed by atoms with E-state index in [0.29, 0.717) is 18.4 Å². The van der Waals surface area contributed by atoms with Crippen LogP contribution in [0.5, 0.6) is 0 Å². The molecule has 4 rings (SSSR count). The molecule has 0 aromatic carbocycles. The number of fused-ring (bicyclic) bond motifs is 1. The Hall–Kier alpha value is -1.93. The highest BCUT2D eigenvalue weighted by Gasteiger charge is 2.42. The monoisotopic (exact) mass is 318 g/mol. The van der Waals surface area contributed by atoms with Gasteiger partial charge >= 0.3 is 0 Å². The van der Waals surface area contributed by atoms with Crippen LogP contribution in [0, 0.1) is 0 Å². The number of nitrogens with two attached hydrogens (primary N) is 1. The molecule has 2 saturated heterocycles. The van der Waals surface area contributed by atoms with E-state index in [1.165, 1.54) is 0 Å². The molecule has 2 aromatic heterocycles. The number of rotatable bonds is 1. The van der Waals surface area contributed by atoms with E-state index in [4.69, 9.17) is 15.2 Å². The van der Waals surface area contributed by atoms with Gasteiger partial charge in [0.05, 0.1) is 30.8 Å². The van der Waals surface area contributed by atoms with Crippen molar-refractivity contribution >= 4 is 22.8 Å². The van der Waals surface area contributed by atoms with Crippen molar-refractivity contribution in [1.29, 1.82) is 0 Å².